The minimum absolute atomic E-state index is 0.0715. The van der Waals surface area contributed by atoms with Crippen LogP contribution in [0.15, 0.2) is 30.3 Å². The number of carbonyl (C=O) groups is 1. The SMILES string of the molecule is CCc1ccc(-c2cc(C(=O)N3CCN(C4CCCCC4)CC3)[nH]n2)cc1. The van der Waals surface area contributed by atoms with Crippen molar-refractivity contribution in [3.8, 4) is 11.3 Å². The normalized spacial score (nSPS) is 19.4. The monoisotopic (exact) mass is 366 g/mol. The van der Waals surface area contributed by atoms with E-state index in [0.29, 0.717) is 5.69 Å². The Morgan fingerprint density at radius 3 is 2.44 bits per heavy atom. The Kier molecular flexibility index (Phi) is 5.58. The number of hydrogen-bond donors (Lipinski definition) is 1. The van der Waals surface area contributed by atoms with E-state index in [1.807, 2.05) is 11.0 Å². The Labute approximate surface area is 161 Å². The van der Waals surface area contributed by atoms with E-state index < -0.39 is 0 Å². The number of rotatable bonds is 4. The molecule has 0 spiro atoms. The number of benzene rings is 1. The number of hydrogen-bond acceptors (Lipinski definition) is 3. The summed E-state index contributed by atoms with van der Waals surface area (Å²) in [5, 5.41) is 7.31. The molecule has 0 atom stereocenters. The Morgan fingerprint density at radius 2 is 1.78 bits per heavy atom. The smallest absolute Gasteiger partial charge is 0.271 e. The summed E-state index contributed by atoms with van der Waals surface area (Å²) < 4.78 is 0. The van der Waals surface area contributed by atoms with Gasteiger partial charge >= 0.3 is 0 Å². The molecule has 1 aromatic heterocycles. The van der Waals surface area contributed by atoms with E-state index in [1.54, 1.807) is 0 Å². The van der Waals surface area contributed by atoms with E-state index >= 15 is 0 Å². The van der Waals surface area contributed by atoms with E-state index in [1.165, 1.54) is 37.7 Å². The van der Waals surface area contributed by atoms with Gasteiger partial charge in [0.15, 0.2) is 0 Å². The van der Waals surface area contributed by atoms with Crippen LogP contribution in [0.4, 0.5) is 0 Å². The highest BCUT2D eigenvalue weighted by Crippen LogP contribution is 2.24. The van der Waals surface area contributed by atoms with E-state index in [9.17, 15) is 4.79 Å². The average molecular weight is 367 g/mol. The second-order valence-electron chi connectivity index (χ2n) is 7.84. The molecule has 1 amide bonds. The molecule has 0 radical (unpaired) electrons. The summed E-state index contributed by atoms with van der Waals surface area (Å²) in [6.07, 6.45) is 7.79. The van der Waals surface area contributed by atoms with E-state index in [0.717, 1.165) is 49.9 Å². The van der Waals surface area contributed by atoms with Gasteiger partial charge in [-0.1, -0.05) is 50.5 Å². The van der Waals surface area contributed by atoms with Crippen LogP contribution in [-0.4, -0.2) is 58.1 Å². The third-order valence-electron chi connectivity index (χ3n) is 6.16. The van der Waals surface area contributed by atoms with Crippen LogP contribution in [0.2, 0.25) is 0 Å². The second-order valence-corrected chi connectivity index (χ2v) is 7.84. The first-order valence-corrected chi connectivity index (χ1v) is 10.4. The second kappa shape index (κ2) is 8.26. The molecule has 1 N–H and O–H groups in total. The molecule has 4 rings (SSSR count). The summed E-state index contributed by atoms with van der Waals surface area (Å²) in [4.78, 5) is 17.4. The maximum absolute atomic E-state index is 12.9. The van der Waals surface area contributed by atoms with E-state index in [-0.39, 0.29) is 5.91 Å². The molecule has 1 aliphatic carbocycles. The van der Waals surface area contributed by atoms with Gasteiger partial charge in [0.1, 0.15) is 5.69 Å². The third kappa shape index (κ3) is 4.08. The molecule has 1 saturated carbocycles. The van der Waals surface area contributed by atoms with Gasteiger partial charge in [0.05, 0.1) is 5.69 Å². The van der Waals surface area contributed by atoms with Crippen LogP contribution < -0.4 is 0 Å². The fourth-order valence-corrected chi connectivity index (χ4v) is 4.40. The maximum atomic E-state index is 12.9. The number of nitrogens with one attached hydrogen (secondary N) is 1. The van der Waals surface area contributed by atoms with Crippen molar-refractivity contribution >= 4 is 5.91 Å². The van der Waals surface area contributed by atoms with Crippen molar-refractivity contribution in [2.75, 3.05) is 26.2 Å². The quantitative estimate of drug-likeness (QED) is 0.897. The highest BCUT2D eigenvalue weighted by Gasteiger charge is 2.28. The lowest BCUT2D eigenvalue weighted by Crippen LogP contribution is -2.52. The fourth-order valence-electron chi connectivity index (χ4n) is 4.40. The van der Waals surface area contributed by atoms with Crippen LogP contribution in [0.25, 0.3) is 11.3 Å². The fraction of sp³-hybridized carbons (Fsp3) is 0.545. The number of carbonyl (C=O) groups excluding carboxylic acids is 1. The number of aromatic amines is 1. The van der Waals surface area contributed by atoms with Gasteiger partial charge in [-0.25, -0.2) is 0 Å². The van der Waals surface area contributed by atoms with Gasteiger partial charge in [-0.3, -0.25) is 14.8 Å². The molecule has 0 bridgehead atoms. The molecule has 5 nitrogen and oxygen atoms in total. The molecule has 2 aliphatic rings. The van der Waals surface area contributed by atoms with Crippen LogP contribution in [0.3, 0.4) is 0 Å². The molecule has 1 aromatic carbocycles. The Balaban J connectivity index is 1.36. The predicted octanol–water partition coefficient (Wildman–Crippen LogP) is 3.73. The zero-order chi connectivity index (χ0) is 18.6. The van der Waals surface area contributed by atoms with Crippen molar-refractivity contribution in [1.29, 1.82) is 0 Å². The molecular weight excluding hydrogens is 336 g/mol. The summed E-state index contributed by atoms with van der Waals surface area (Å²) >= 11 is 0. The van der Waals surface area contributed by atoms with Crippen molar-refractivity contribution in [3.63, 3.8) is 0 Å². The van der Waals surface area contributed by atoms with Crippen LogP contribution in [-0.2, 0) is 6.42 Å². The molecular formula is C22H30N4O. The summed E-state index contributed by atoms with van der Waals surface area (Å²) in [5.41, 5.74) is 3.78. The summed E-state index contributed by atoms with van der Waals surface area (Å²) in [5.74, 6) is 0.0715. The molecule has 2 aromatic rings. The van der Waals surface area contributed by atoms with Crippen LogP contribution >= 0.6 is 0 Å². The molecule has 1 aliphatic heterocycles. The van der Waals surface area contributed by atoms with Gasteiger partial charge in [-0.05, 0) is 30.9 Å². The Morgan fingerprint density at radius 1 is 1.07 bits per heavy atom. The van der Waals surface area contributed by atoms with Crippen molar-refractivity contribution in [1.82, 2.24) is 20.0 Å². The lowest BCUT2D eigenvalue weighted by atomic mass is 9.94. The average Bonchev–Trinajstić information content (AvgIpc) is 3.24. The zero-order valence-corrected chi connectivity index (χ0v) is 16.3. The molecule has 2 heterocycles. The number of amides is 1. The summed E-state index contributed by atoms with van der Waals surface area (Å²) in [6.45, 7) is 5.77. The zero-order valence-electron chi connectivity index (χ0n) is 16.3. The molecule has 1 saturated heterocycles. The van der Waals surface area contributed by atoms with Crippen molar-refractivity contribution < 1.29 is 4.79 Å². The largest absolute Gasteiger partial charge is 0.335 e. The lowest BCUT2D eigenvalue weighted by Gasteiger charge is -2.40. The molecule has 27 heavy (non-hydrogen) atoms. The number of aromatic nitrogens is 2. The van der Waals surface area contributed by atoms with Crippen molar-refractivity contribution in [2.45, 2.75) is 51.5 Å². The summed E-state index contributed by atoms with van der Waals surface area (Å²) in [6, 6.07) is 11.0. The topological polar surface area (TPSA) is 52.2 Å². The lowest BCUT2D eigenvalue weighted by molar-refractivity contribution is 0.0518. The molecule has 2 fully saturated rings. The Hall–Kier alpha value is -2.14. The number of aryl methyl sites for hydroxylation is 1. The van der Waals surface area contributed by atoms with Gasteiger partial charge < -0.3 is 4.90 Å². The first-order chi connectivity index (χ1) is 13.2. The van der Waals surface area contributed by atoms with Gasteiger partial charge in [0.2, 0.25) is 0 Å². The van der Waals surface area contributed by atoms with Gasteiger partial charge in [-0.2, -0.15) is 5.10 Å². The van der Waals surface area contributed by atoms with Crippen molar-refractivity contribution in [3.05, 3.63) is 41.6 Å². The van der Waals surface area contributed by atoms with Crippen LogP contribution in [0.5, 0.6) is 0 Å². The van der Waals surface area contributed by atoms with Gasteiger partial charge in [-0.15, -0.1) is 0 Å². The standard InChI is InChI=1S/C22H30N4O/c1-2-17-8-10-18(11-9-17)20-16-21(24-23-20)22(27)26-14-12-25(13-15-26)19-6-4-3-5-7-19/h8-11,16,19H,2-7,12-15H2,1H3,(H,23,24). The predicted molar refractivity (Wildman–Crippen MR) is 108 cm³/mol. The summed E-state index contributed by atoms with van der Waals surface area (Å²) in [7, 11) is 0. The highest BCUT2D eigenvalue weighted by atomic mass is 16.2. The number of piperazine rings is 1. The first kappa shape index (κ1) is 18.2. The van der Waals surface area contributed by atoms with Gasteiger partial charge in [0, 0.05) is 37.8 Å². The minimum Gasteiger partial charge on any atom is -0.335 e. The number of H-pyrrole nitrogens is 1. The highest BCUT2D eigenvalue weighted by molar-refractivity contribution is 5.93. The Bertz CT molecular complexity index is 753. The molecule has 5 heteroatoms. The molecule has 144 valence electrons. The molecule has 0 unspecified atom stereocenters. The van der Waals surface area contributed by atoms with E-state index in [2.05, 4.69) is 46.3 Å². The van der Waals surface area contributed by atoms with E-state index in [4.69, 9.17) is 0 Å². The minimum atomic E-state index is 0.0715. The number of nitrogens with zero attached hydrogens (tertiary/aromatic N) is 3. The first-order valence-electron chi connectivity index (χ1n) is 10.4. The maximum Gasteiger partial charge on any atom is 0.271 e. The van der Waals surface area contributed by atoms with Crippen molar-refractivity contribution in [2.24, 2.45) is 0 Å². The third-order valence-corrected chi connectivity index (χ3v) is 6.16. The van der Waals surface area contributed by atoms with Crippen LogP contribution in [0.1, 0.15) is 55.1 Å². The van der Waals surface area contributed by atoms with Crippen LogP contribution in [0, 0.1) is 0 Å². The van der Waals surface area contributed by atoms with Gasteiger partial charge in [0.25, 0.3) is 5.91 Å².